The van der Waals surface area contributed by atoms with Gasteiger partial charge in [-0.25, -0.2) is 4.90 Å². The smallest absolute Gasteiger partial charge is 0.233 e. The largest absolute Gasteiger partial charge is 0.286 e. The molecule has 1 heterocycles. The Morgan fingerprint density at radius 3 is 1.57 bits per heavy atom. The third-order valence-corrected chi connectivity index (χ3v) is 4.33. The average molecular weight is 293 g/mol. The van der Waals surface area contributed by atoms with Crippen molar-refractivity contribution in [2.24, 2.45) is 0 Å². The minimum atomic E-state index is 1.14. The van der Waals surface area contributed by atoms with Gasteiger partial charge < -0.3 is 0 Å². The highest BCUT2D eigenvalue weighted by Gasteiger charge is 2.07. The molecular formula is C19H36N2+. The third-order valence-electron chi connectivity index (χ3n) is 4.33. The van der Waals surface area contributed by atoms with Gasteiger partial charge in [0.25, 0.3) is 6.34 Å². The molecule has 0 spiro atoms. The molecule has 2 nitrogen and oxygen atoms in total. The fourth-order valence-corrected chi connectivity index (χ4v) is 2.91. The van der Waals surface area contributed by atoms with E-state index in [0.29, 0.717) is 0 Å². The van der Waals surface area contributed by atoms with Crippen LogP contribution in [0.15, 0.2) is 12.4 Å². The Morgan fingerprint density at radius 2 is 1.14 bits per heavy atom. The van der Waals surface area contributed by atoms with Crippen molar-refractivity contribution < 1.29 is 0 Å². The summed E-state index contributed by atoms with van der Waals surface area (Å²) in [6, 6.07) is 0. The van der Waals surface area contributed by atoms with E-state index in [2.05, 4.69) is 23.0 Å². The van der Waals surface area contributed by atoms with E-state index in [1.807, 2.05) is 12.5 Å². The van der Waals surface area contributed by atoms with Crippen molar-refractivity contribution in [3.05, 3.63) is 12.4 Å². The molecule has 0 atom stereocenters. The van der Waals surface area contributed by atoms with Gasteiger partial charge in [0.05, 0.1) is 6.54 Å². The summed E-state index contributed by atoms with van der Waals surface area (Å²) in [5.41, 5.74) is 0. The van der Waals surface area contributed by atoms with Crippen LogP contribution in [0.5, 0.6) is 0 Å². The number of nitrogens with zero attached hydrogens (tertiary/aromatic N) is 2. The molecule has 0 amide bonds. The molecule has 0 unspecified atom stereocenters. The van der Waals surface area contributed by atoms with Crippen LogP contribution in [0.25, 0.3) is 0 Å². The van der Waals surface area contributed by atoms with Crippen molar-refractivity contribution in [2.75, 3.05) is 6.54 Å². The Labute approximate surface area is 132 Å². The second-order valence-corrected chi connectivity index (χ2v) is 6.40. The van der Waals surface area contributed by atoms with Gasteiger partial charge in [0.1, 0.15) is 6.20 Å². The molecule has 1 rings (SSSR count). The highest BCUT2D eigenvalue weighted by Crippen LogP contribution is 2.13. The second-order valence-electron chi connectivity index (χ2n) is 6.40. The van der Waals surface area contributed by atoms with Crippen LogP contribution in [0.1, 0.15) is 96.8 Å². The van der Waals surface area contributed by atoms with E-state index >= 15 is 0 Å². The predicted molar refractivity (Wildman–Crippen MR) is 94.4 cm³/mol. The van der Waals surface area contributed by atoms with Crippen LogP contribution < -0.4 is 4.99 Å². The van der Waals surface area contributed by atoms with Gasteiger partial charge in [0, 0.05) is 0 Å². The van der Waals surface area contributed by atoms with E-state index in [1.165, 1.54) is 89.9 Å². The summed E-state index contributed by atoms with van der Waals surface area (Å²) >= 11 is 0. The van der Waals surface area contributed by atoms with E-state index < -0.39 is 0 Å². The van der Waals surface area contributed by atoms with Gasteiger partial charge in [-0.2, -0.15) is 0 Å². The minimum Gasteiger partial charge on any atom is -0.233 e. The minimum absolute atomic E-state index is 1.14. The molecule has 21 heavy (non-hydrogen) atoms. The van der Waals surface area contributed by atoms with Crippen LogP contribution in [-0.2, 0) is 0 Å². The van der Waals surface area contributed by atoms with Gasteiger partial charge in [-0.15, -0.1) is 0 Å². The summed E-state index contributed by atoms with van der Waals surface area (Å²) < 4.78 is 0. The number of aliphatic imine (C=N–C) groups is 1. The SMILES string of the molecule is CCCCCCCCCCCCCCCCN1C=C[N+]=C1. The first-order valence-corrected chi connectivity index (χ1v) is 9.39. The van der Waals surface area contributed by atoms with E-state index in [4.69, 9.17) is 0 Å². The van der Waals surface area contributed by atoms with Crippen molar-refractivity contribution in [2.45, 2.75) is 96.8 Å². The fourth-order valence-electron chi connectivity index (χ4n) is 2.91. The van der Waals surface area contributed by atoms with Crippen LogP contribution >= 0.6 is 0 Å². The van der Waals surface area contributed by atoms with Crippen molar-refractivity contribution >= 4 is 6.34 Å². The Morgan fingerprint density at radius 1 is 0.667 bits per heavy atom. The van der Waals surface area contributed by atoms with Crippen LogP contribution in [0.2, 0.25) is 0 Å². The normalized spacial score (nSPS) is 13.5. The van der Waals surface area contributed by atoms with E-state index in [9.17, 15) is 0 Å². The highest BCUT2D eigenvalue weighted by atomic mass is 15.2. The second kappa shape index (κ2) is 14.2. The van der Waals surface area contributed by atoms with Crippen molar-refractivity contribution in [1.82, 2.24) is 9.89 Å². The number of rotatable bonds is 15. The maximum Gasteiger partial charge on any atom is 0.286 e. The molecule has 0 fully saturated rings. The van der Waals surface area contributed by atoms with Gasteiger partial charge in [-0.1, -0.05) is 89.0 Å². The summed E-state index contributed by atoms with van der Waals surface area (Å²) in [5, 5.41) is 0. The first-order valence-electron chi connectivity index (χ1n) is 9.39. The zero-order chi connectivity index (χ0) is 15.0. The average Bonchev–Trinajstić information content (AvgIpc) is 3.01. The number of unbranched alkanes of at least 4 members (excludes halogenated alkanes) is 13. The molecule has 1 aliphatic heterocycles. The fraction of sp³-hybridized carbons (Fsp3) is 0.842. The van der Waals surface area contributed by atoms with Crippen molar-refractivity contribution in [3.63, 3.8) is 0 Å². The van der Waals surface area contributed by atoms with Crippen LogP contribution in [0.3, 0.4) is 0 Å². The molecular weight excluding hydrogens is 256 g/mol. The summed E-state index contributed by atoms with van der Waals surface area (Å²) in [5.74, 6) is 0. The van der Waals surface area contributed by atoms with Crippen LogP contribution in [-0.4, -0.2) is 17.8 Å². The number of hydrogen-bond donors (Lipinski definition) is 0. The first kappa shape index (κ1) is 18.3. The first-order chi connectivity index (χ1) is 10.4. The summed E-state index contributed by atoms with van der Waals surface area (Å²) in [6.45, 7) is 3.43. The molecule has 121 valence electrons. The summed E-state index contributed by atoms with van der Waals surface area (Å²) in [6.07, 6.45) is 25.8. The van der Waals surface area contributed by atoms with Gasteiger partial charge in [0.2, 0.25) is 0 Å². The Balaban J connectivity index is 1.67. The molecule has 0 saturated carbocycles. The monoisotopic (exact) mass is 292 g/mol. The highest BCUT2D eigenvalue weighted by molar-refractivity contribution is 5.58. The lowest BCUT2D eigenvalue weighted by atomic mass is 10.0. The summed E-state index contributed by atoms with van der Waals surface area (Å²) in [7, 11) is 0. The molecule has 1 aliphatic rings. The quantitative estimate of drug-likeness (QED) is 0.358. The van der Waals surface area contributed by atoms with Gasteiger partial charge >= 0.3 is 0 Å². The molecule has 0 saturated heterocycles. The molecule has 1 radical (unpaired) electrons. The lowest BCUT2D eigenvalue weighted by molar-refractivity contribution is 0.503. The Hall–Kier alpha value is -0.790. The lowest BCUT2D eigenvalue weighted by Gasteiger charge is -2.04. The third kappa shape index (κ3) is 11.5. The predicted octanol–water partition coefficient (Wildman–Crippen LogP) is 5.62. The Kier molecular flexibility index (Phi) is 12.3. The van der Waals surface area contributed by atoms with Crippen molar-refractivity contribution in [1.29, 1.82) is 0 Å². The lowest BCUT2D eigenvalue weighted by Crippen LogP contribution is -2.14. The maximum atomic E-state index is 4.07. The van der Waals surface area contributed by atoms with Gasteiger partial charge in [-0.3, -0.25) is 0 Å². The molecule has 0 aliphatic carbocycles. The van der Waals surface area contributed by atoms with E-state index in [0.717, 1.165) is 6.54 Å². The maximum absolute atomic E-state index is 4.07. The standard InChI is InChI=1S/C19H36N2/c1-2-3-4-5-6-7-8-9-10-11-12-13-14-15-17-21-18-16-20-19-21/h16,18-19H,2-15,17H2,1H3/q+1. The van der Waals surface area contributed by atoms with Gasteiger partial charge in [0.15, 0.2) is 6.20 Å². The van der Waals surface area contributed by atoms with Crippen LogP contribution in [0.4, 0.5) is 0 Å². The number of hydrogen-bond acceptors (Lipinski definition) is 2. The molecule has 0 N–H and O–H groups in total. The zero-order valence-electron chi connectivity index (χ0n) is 14.2. The van der Waals surface area contributed by atoms with E-state index in [-0.39, 0.29) is 0 Å². The summed E-state index contributed by atoms with van der Waals surface area (Å²) in [4.78, 5) is 6.25. The Bertz CT molecular complexity index is 259. The van der Waals surface area contributed by atoms with E-state index in [1.54, 1.807) is 0 Å². The zero-order valence-corrected chi connectivity index (χ0v) is 14.2. The molecule has 0 bridgehead atoms. The van der Waals surface area contributed by atoms with Crippen LogP contribution in [0, 0.1) is 0 Å². The van der Waals surface area contributed by atoms with Crippen molar-refractivity contribution in [3.8, 4) is 0 Å². The van der Waals surface area contributed by atoms with Gasteiger partial charge in [-0.05, 0) is 12.8 Å². The molecule has 0 aromatic carbocycles. The molecule has 2 heteroatoms. The molecule has 0 aromatic heterocycles. The molecule has 0 aromatic rings. The topological polar surface area (TPSA) is 17.3 Å².